The van der Waals surface area contributed by atoms with Crippen LogP contribution in [0.1, 0.15) is 44.5 Å². The van der Waals surface area contributed by atoms with Crippen molar-refractivity contribution in [2.45, 2.75) is 63.9 Å². The maximum absolute atomic E-state index is 12.7. The summed E-state index contributed by atoms with van der Waals surface area (Å²) in [5.74, 6) is 2.13. The van der Waals surface area contributed by atoms with Gasteiger partial charge < -0.3 is 14.2 Å². The van der Waals surface area contributed by atoms with Gasteiger partial charge in [-0.1, -0.05) is 23.9 Å². The van der Waals surface area contributed by atoms with Crippen LogP contribution in [0.15, 0.2) is 29.4 Å². The highest BCUT2D eigenvalue weighted by Crippen LogP contribution is 2.25. The maximum Gasteiger partial charge on any atom is 0.233 e. The van der Waals surface area contributed by atoms with Crippen molar-refractivity contribution >= 4 is 17.7 Å². The highest BCUT2D eigenvalue weighted by Gasteiger charge is 2.29. The molecule has 1 amide bonds. The van der Waals surface area contributed by atoms with Gasteiger partial charge >= 0.3 is 0 Å². The van der Waals surface area contributed by atoms with Crippen molar-refractivity contribution in [2.24, 2.45) is 7.05 Å². The average Bonchev–Trinajstić information content (AvgIpc) is 2.98. The molecule has 0 saturated carbocycles. The normalized spacial score (nSPS) is 19.9. The minimum absolute atomic E-state index is 0.181. The topological polar surface area (TPSA) is 60.3 Å². The lowest BCUT2D eigenvalue weighted by Gasteiger charge is -2.39. The zero-order valence-corrected chi connectivity index (χ0v) is 17.3. The third-order valence-corrected chi connectivity index (χ3v) is 6.09. The molecule has 2 heterocycles. The van der Waals surface area contributed by atoms with Crippen LogP contribution in [0.2, 0.25) is 0 Å². The minimum atomic E-state index is 0.181. The van der Waals surface area contributed by atoms with Gasteiger partial charge in [0.2, 0.25) is 5.91 Å². The Labute approximate surface area is 165 Å². The largest absolute Gasteiger partial charge is 0.486 e. The van der Waals surface area contributed by atoms with Crippen molar-refractivity contribution in [1.82, 2.24) is 19.7 Å². The summed E-state index contributed by atoms with van der Waals surface area (Å²) in [7, 11) is 1.91. The smallest absolute Gasteiger partial charge is 0.233 e. The molecule has 7 heteroatoms. The Morgan fingerprint density at radius 1 is 1.26 bits per heavy atom. The predicted octanol–water partition coefficient (Wildman–Crippen LogP) is 3.58. The second-order valence-corrected chi connectivity index (χ2v) is 8.22. The van der Waals surface area contributed by atoms with Crippen LogP contribution >= 0.6 is 11.8 Å². The minimum Gasteiger partial charge on any atom is -0.486 e. The maximum atomic E-state index is 12.7. The Bertz CT molecular complexity index is 782. The summed E-state index contributed by atoms with van der Waals surface area (Å²) < 4.78 is 7.71. The molecule has 146 valence electrons. The molecule has 1 saturated heterocycles. The summed E-state index contributed by atoms with van der Waals surface area (Å²) in [6.07, 6.45) is 3.38. The first-order valence-electron chi connectivity index (χ1n) is 9.47. The molecular weight excluding hydrogens is 360 g/mol. The lowest BCUT2D eigenvalue weighted by atomic mass is 9.98. The predicted molar refractivity (Wildman–Crippen MR) is 107 cm³/mol. The van der Waals surface area contributed by atoms with Crippen molar-refractivity contribution in [3.63, 3.8) is 0 Å². The van der Waals surface area contributed by atoms with Gasteiger partial charge in [0.15, 0.2) is 11.0 Å². The van der Waals surface area contributed by atoms with Crippen LogP contribution in [0.25, 0.3) is 0 Å². The van der Waals surface area contributed by atoms with E-state index in [1.165, 1.54) is 18.2 Å². The van der Waals surface area contributed by atoms with Crippen molar-refractivity contribution in [3.05, 3.63) is 35.7 Å². The number of aryl methyl sites for hydroxylation is 1. The van der Waals surface area contributed by atoms with Gasteiger partial charge in [-0.15, -0.1) is 10.2 Å². The van der Waals surface area contributed by atoms with Crippen LogP contribution < -0.4 is 4.74 Å². The highest BCUT2D eigenvalue weighted by atomic mass is 32.2. The summed E-state index contributed by atoms with van der Waals surface area (Å²) in [5.41, 5.74) is 1.15. The van der Waals surface area contributed by atoms with Gasteiger partial charge in [0.05, 0.1) is 5.75 Å². The van der Waals surface area contributed by atoms with Gasteiger partial charge in [0.1, 0.15) is 12.4 Å². The summed E-state index contributed by atoms with van der Waals surface area (Å²) in [6, 6.07) is 8.56. The zero-order valence-electron chi connectivity index (χ0n) is 16.5. The number of likely N-dealkylation sites (tertiary alicyclic amines) is 1. The van der Waals surface area contributed by atoms with Crippen LogP contribution in [0, 0.1) is 6.92 Å². The fraction of sp³-hybridized carbons (Fsp3) is 0.550. The molecule has 0 aliphatic carbocycles. The van der Waals surface area contributed by atoms with E-state index in [4.69, 9.17) is 4.74 Å². The first kappa shape index (κ1) is 19.7. The van der Waals surface area contributed by atoms with Crippen molar-refractivity contribution in [3.8, 4) is 5.75 Å². The fourth-order valence-corrected chi connectivity index (χ4v) is 4.36. The number of rotatable bonds is 6. The Hall–Kier alpha value is -2.02. The summed E-state index contributed by atoms with van der Waals surface area (Å²) in [4.78, 5) is 14.7. The van der Waals surface area contributed by atoms with Crippen LogP contribution in [-0.2, 0) is 18.4 Å². The van der Waals surface area contributed by atoms with Crippen LogP contribution in [0.3, 0.4) is 0 Å². The number of hydrogen-bond donors (Lipinski definition) is 0. The number of hydrogen-bond acceptors (Lipinski definition) is 5. The van der Waals surface area contributed by atoms with E-state index in [1.54, 1.807) is 0 Å². The lowest BCUT2D eigenvalue weighted by molar-refractivity contribution is -0.134. The number of carbonyl (C=O) groups is 1. The molecule has 27 heavy (non-hydrogen) atoms. The van der Waals surface area contributed by atoms with Crippen molar-refractivity contribution in [2.75, 3.05) is 5.75 Å². The molecule has 0 bridgehead atoms. The Morgan fingerprint density at radius 3 is 2.70 bits per heavy atom. The van der Waals surface area contributed by atoms with E-state index in [-0.39, 0.29) is 5.91 Å². The van der Waals surface area contributed by atoms with Gasteiger partial charge in [-0.05, 0) is 57.7 Å². The Kier molecular flexibility index (Phi) is 6.42. The number of nitrogens with zero attached hydrogens (tertiary/aromatic N) is 4. The van der Waals surface area contributed by atoms with Crippen LogP contribution in [0.4, 0.5) is 0 Å². The first-order chi connectivity index (χ1) is 13.0. The summed E-state index contributed by atoms with van der Waals surface area (Å²) in [5, 5.41) is 9.18. The SMILES string of the molecule is Cc1cccc(OCc2nnc(SCC(=O)N3[C@H](C)CCC[C@@H]3C)n2C)c1. The van der Waals surface area contributed by atoms with E-state index < -0.39 is 0 Å². The first-order valence-corrected chi connectivity index (χ1v) is 10.5. The van der Waals surface area contributed by atoms with E-state index in [0.717, 1.165) is 35.1 Å². The van der Waals surface area contributed by atoms with Crippen molar-refractivity contribution < 1.29 is 9.53 Å². The monoisotopic (exact) mass is 388 g/mol. The molecule has 1 aromatic carbocycles. The molecule has 3 rings (SSSR count). The molecule has 2 aromatic rings. The number of ether oxygens (including phenoxy) is 1. The number of amides is 1. The van der Waals surface area contributed by atoms with E-state index in [2.05, 4.69) is 24.0 Å². The molecule has 0 N–H and O–H groups in total. The molecule has 6 nitrogen and oxygen atoms in total. The Balaban J connectivity index is 1.56. The third kappa shape index (κ3) is 4.83. The highest BCUT2D eigenvalue weighted by molar-refractivity contribution is 7.99. The molecule has 1 aromatic heterocycles. The van der Waals surface area contributed by atoms with Crippen molar-refractivity contribution in [1.29, 1.82) is 0 Å². The summed E-state index contributed by atoms with van der Waals surface area (Å²) in [6.45, 7) is 6.66. The second kappa shape index (κ2) is 8.78. The van der Waals surface area contributed by atoms with Gasteiger partial charge in [0.25, 0.3) is 0 Å². The van der Waals surface area contributed by atoms with Crippen LogP contribution in [-0.4, -0.2) is 43.4 Å². The number of carbonyl (C=O) groups excluding carboxylic acids is 1. The number of piperidine rings is 1. The summed E-state index contributed by atoms with van der Waals surface area (Å²) >= 11 is 1.44. The molecule has 2 atom stereocenters. The molecule has 1 aliphatic rings. The van der Waals surface area contributed by atoms with Crippen LogP contribution in [0.5, 0.6) is 5.75 Å². The van der Waals surface area contributed by atoms with Gasteiger partial charge in [-0.2, -0.15) is 0 Å². The quantitative estimate of drug-likeness (QED) is 0.708. The van der Waals surface area contributed by atoms with E-state index >= 15 is 0 Å². The standard InChI is InChI=1S/C20H28N4O2S/c1-14-7-5-10-17(11-14)26-12-18-21-22-20(23(18)4)27-13-19(25)24-15(2)8-6-9-16(24)3/h5,7,10-11,15-16H,6,8-9,12-13H2,1-4H3/t15-,16+. The third-order valence-electron chi connectivity index (χ3n) is 5.09. The zero-order chi connectivity index (χ0) is 19.4. The number of benzene rings is 1. The van der Waals surface area contributed by atoms with E-state index in [9.17, 15) is 4.79 Å². The molecule has 1 fully saturated rings. The molecule has 1 aliphatic heterocycles. The van der Waals surface area contributed by atoms with E-state index in [0.29, 0.717) is 24.4 Å². The van der Waals surface area contributed by atoms with E-state index in [1.807, 2.05) is 47.7 Å². The second-order valence-electron chi connectivity index (χ2n) is 7.28. The number of aromatic nitrogens is 3. The van der Waals surface area contributed by atoms with Gasteiger partial charge in [-0.25, -0.2) is 0 Å². The Morgan fingerprint density at radius 2 is 2.00 bits per heavy atom. The fourth-order valence-electron chi connectivity index (χ4n) is 3.56. The molecule has 0 radical (unpaired) electrons. The molecule has 0 spiro atoms. The number of thioether (sulfide) groups is 1. The van der Waals surface area contributed by atoms with Gasteiger partial charge in [0, 0.05) is 19.1 Å². The van der Waals surface area contributed by atoms with Gasteiger partial charge in [-0.3, -0.25) is 4.79 Å². The average molecular weight is 389 g/mol. The molecular formula is C20H28N4O2S. The molecule has 0 unspecified atom stereocenters. The lowest BCUT2D eigenvalue weighted by Crippen LogP contribution is -2.48.